The average molecular weight is 158 g/mol. The van der Waals surface area contributed by atoms with Crippen LogP contribution in [0.4, 0.5) is 4.79 Å². The second kappa shape index (κ2) is 2.50. The largest absolute Gasteiger partial charge is 0.434 e. The van der Waals surface area contributed by atoms with Gasteiger partial charge >= 0.3 is 6.09 Å². The Morgan fingerprint density at radius 1 is 1.55 bits per heavy atom. The van der Waals surface area contributed by atoms with E-state index in [-0.39, 0.29) is 5.92 Å². The van der Waals surface area contributed by atoms with E-state index < -0.39 is 18.1 Å². The lowest BCUT2D eigenvalue weighted by molar-refractivity contribution is -0.131. The van der Waals surface area contributed by atoms with Crippen LogP contribution in [0, 0.1) is 5.92 Å². The second-order valence-corrected chi connectivity index (χ2v) is 2.76. The van der Waals surface area contributed by atoms with Gasteiger partial charge in [-0.1, -0.05) is 13.8 Å². The molecule has 1 saturated heterocycles. The zero-order valence-electron chi connectivity index (χ0n) is 6.40. The van der Waals surface area contributed by atoms with Crippen LogP contribution in [0.5, 0.6) is 0 Å². The zero-order valence-corrected chi connectivity index (χ0v) is 6.40. The predicted molar refractivity (Wildman–Crippen MR) is 36.1 cm³/mol. The summed E-state index contributed by atoms with van der Waals surface area (Å²) in [6.45, 7) is 3.57. The smallest absolute Gasteiger partial charge is 0.432 e. The summed E-state index contributed by atoms with van der Waals surface area (Å²) in [6.07, 6.45) is -1.47. The fraction of sp³-hybridized carbons (Fsp3) is 0.667. The molecule has 1 rings (SSSR count). The summed E-state index contributed by atoms with van der Waals surface area (Å²) in [4.78, 5) is 21.7. The highest BCUT2D eigenvalue weighted by molar-refractivity contribution is 5.99. The molecule has 1 fully saturated rings. The van der Waals surface area contributed by atoms with Gasteiger partial charge in [0.05, 0.1) is 0 Å². The van der Waals surface area contributed by atoms with Crippen LogP contribution in [0.1, 0.15) is 13.8 Å². The first-order valence-electron chi connectivity index (χ1n) is 3.33. The number of hydrogen-bond acceptors (Lipinski definition) is 4. The molecular weight excluding hydrogens is 148 g/mol. The molecular formula is C6H10N2O3. The number of cyclic esters (lactones) is 1. The van der Waals surface area contributed by atoms with Gasteiger partial charge in [0.15, 0.2) is 6.10 Å². The van der Waals surface area contributed by atoms with Gasteiger partial charge < -0.3 is 4.74 Å². The molecule has 0 aromatic heterocycles. The van der Waals surface area contributed by atoms with Crippen molar-refractivity contribution in [2.24, 2.45) is 11.8 Å². The molecule has 0 spiro atoms. The van der Waals surface area contributed by atoms with Crippen molar-refractivity contribution in [3.05, 3.63) is 0 Å². The van der Waals surface area contributed by atoms with Crippen molar-refractivity contribution in [3.63, 3.8) is 0 Å². The monoisotopic (exact) mass is 158 g/mol. The molecule has 1 aliphatic rings. The average Bonchev–Trinajstić information content (AvgIpc) is 2.17. The van der Waals surface area contributed by atoms with Crippen molar-refractivity contribution >= 4 is 12.0 Å². The molecule has 0 radical (unpaired) electrons. The molecule has 2 N–H and O–H groups in total. The van der Waals surface area contributed by atoms with Gasteiger partial charge in [-0.15, -0.1) is 0 Å². The maximum absolute atomic E-state index is 11.0. The van der Waals surface area contributed by atoms with Crippen LogP contribution in [-0.2, 0) is 9.53 Å². The summed E-state index contributed by atoms with van der Waals surface area (Å²) in [5.41, 5.74) is 0. The fourth-order valence-electron chi connectivity index (χ4n) is 0.864. The molecule has 0 aromatic rings. The van der Waals surface area contributed by atoms with Gasteiger partial charge in [-0.2, -0.15) is 5.01 Å². The Hall–Kier alpha value is -1.10. The topological polar surface area (TPSA) is 72.6 Å². The van der Waals surface area contributed by atoms with Gasteiger partial charge in [0.1, 0.15) is 0 Å². The molecule has 5 nitrogen and oxygen atoms in total. The minimum Gasteiger partial charge on any atom is -0.434 e. The van der Waals surface area contributed by atoms with Gasteiger partial charge in [-0.3, -0.25) is 4.79 Å². The molecule has 1 heterocycles. The van der Waals surface area contributed by atoms with Gasteiger partial charge in [0, 0.05) is 0 Å². The highest BCUT2D eigenvalue weighted by Crippen LogP contribution is 2.16. The molecule has 0 saturated carbocycles. The Kier molecular flexibility index (Phi) is 1.82. The third-order valence-electron chi connectivity index (χ3n) is 1.51. The first-order chi connectivity index (χ1) is 5.04. The molecule has 62 valence electrons. The molecule has 1 aliphatic heterocycles. The quantitative estimate of drug-likeness (QED) is 0.426. The van der Waals surface area contributed by atoms with Crippen molar-refractivity contribution in [1.29, 1.82) is 0 Å². The van der Waals surface area contributed by atoms with Crippen LogP contribution in [0.15, 0.2) is 0 Å². The summed E-state index contributed by atoms with van der Waals surface area (Å²) in [5.74, 6) is 4.56. The summed E-state index contributed by atoms with van der Waals surface area (Å²) in [6, 6.07) is 0. The van der Waals surface area contributed by atoms with Crippen LogP contribution in [0.2, 0.25) is 0 Å². The number of imide groups is 1. The number of amides is 2. The molecule has 11 heavy (non-hydrogen) atoms. The maximum Gasteiger partial charge on any atom is 0.432 e. The highest BCUT2D eigenvalue weighted by Gasteiger charge is 2.40. The fourth-order valence-corrected chi connectivity index (χ4v) is 0.864. The molecule has 1 unspecified atom stereocenters. The van der Waals surface area contributed by atoms with E-state index in [2.05, 4.69) is 4.74 Å². The Labute approximate surface area is 64.1 Å². The van der Waals surface area contributed by atoms with Crippen molar-refractivity contribution < 1.29 is 14.3 Å². The van der Waals surface area contributed by atoms with Gasteiger partial charge in [0.2, 0.25) is 0 Å². The van der Waals surface area contributed by atoms with E-state index in [1.807, 2.05) is 0 Å². The summed E-state index contributed by atoms with van der Waals surface area (Å²) in [5, 5.41) is 0.505. The summed E-state index contributed by atoms with van der Waals surface area (Å²) >= 11 is 0. The Morgan fingerprint density at radius 3 is 2.27 bits per heavy atom. The number of nitrogens with two attached hydrogens (primary N) is 1. The van der Waals surface area contributed by atoms with E-state index in [4.69, 9.17) is 5.84 Å². The van der Waals surface area contributed by atoms with Crippen LogP contribution in [0.3, 0.4) is 0 Å². The summed E-state index contributed by atoms with van der Waals surface area (Å²) < 4.78 is 4.66. The third kappa shape index (κ3) is 1.19. The van der Waals surface area contributed by atoms with Crippen LogP contribution in [-0.4, -0.2) is 23.1 Å². The van der Waals surface area contributed by atoms with E-state index in [1.54, 1.807) is 13.8 Å². The summed E-state index contributed by atoms with van der Waals surface area (Å²) in [7, 11) is 0. The van der Waals surface area contributed by atoms with Crippen LogP contribution >= 0.6 is 0 Å². The molecule has 0 aliphatic carbocycles. The predicted octanol–water partition coefficient (Wildman–Crippen LogP) is -0.136. The lowest BCUT2D eigenvalue weighted by atomic mass is 10.1. The number of hydrazine groups is 1. The van der Waals surface area contributed by atoms with Gasteiger partial charge in [-0.05, 0) is 5.92 Å². The molecule has 5 heteroatoms. The molecule has 0 aromatic carbocycles. The SMILES string of the molecule is CC(C)C1OC(=O)N(N)C1=O. The first-order valence-corrected chi connectivity index (χ1v) is 3.33. The molecule has 2 amide bonds. The standard InChI is InChI=1S/C6H10N2O3/c1-3(2)4-5(9)8(7)6(10)11-4/h3-4H,7H2,1-2H3. The Balaban J connectivity index is 2.75. The molecule has 1 atom stereocenters. The van der Waals surface area contributed by atoms with Crippen LogP contribution in [0.25, 0.3) is 0 Å². The van der Waals surface area contributed by atoms with Crippen molar-refractivity contribution in [1.82, 2.24) is 5.01 Å². The maximum atomic E-state index is 11.0. The third-order valence-corrected chi connectivity index (χ3v) is 1.51. The second-order valence-electron chi connectivity index (χ2n) is 2.76. The van der Waals surface area contributed by atoms with E-state index in [0.29, 0.717) is 5.01 Å². The number of carbonyl (C=O) groups is 2. The Morgan fingerprint density at radius 2 is 2.09 bits per heavy atom. The minimum absolute atomic E-state index is 0.0278. The van der Waals surface area contributed by atoms with E-state index in [1.165, 1.54) is 0 Å². The number of rotatable bonds is 1. The lowest BCUT2D eigenvalue weighted by Gasteiger charge is -2.08. The zero-order chi connectivity index (χ0) is 8.59. The molecule has 0 bridgehead atoms. The van der Waals surface area contributed by atoms with E-state index in [9.17, 15) is 9.59 Å². The number of hydrogen-bond donors (Lipinski definition) is 1. The van der Waals surface area contributed by atoms with Crippen molar-refractivity contribution in [2.75, 3.05) is 0 Å². The lowest BCUT2D eigenvalue weighted by Crippen LogP contribution is -2.38. The van der Waals surface area contributed by atoms with Crippen molar-refractivity contribution in [2.45, 2.75) is 20.0 Å². The number of nitrogens with zero attached hydrogens (tertiary/aromatic N) is 1. The van der Waals surface area contributed by atoms with Crippen molar-refractivity contribution in [3.8, 4) is 0 Å². The van der Waals surface area contributed by atoms with E-state index >= 15 is 0 Å². The number of ether oxygens (including phenoxy) is 1. The number of carbonyl (C=O) groups excluding carboxylic acids is 2. The van der Waals surface area contributed by atoms with Gasteiger partial charge in [-0.25, -0.2) is 10.6 Å². The van der Waals surface area contributed by atoms with Crippen LogP contribution < -0.4 is 5.84 Å². The minimum atomic E-state index is -0.770. The first kappa shape index (κ1) is 8.00. The Bertz CT molecular complexity index is 202. The normalized spacial score (nSPS) is 24.7. The van der Waals surface area contributed by atoms with E-state index in [0.717, 1.165) is 0 Å². The van der Waals surface area contributed by atoms with Gasteiger partial charge in [0.25, 0.3) is 5.91 Å². The highest BCUT2D eigenvalue weighted by atomic mass is 16.6.